The molecule has 1 heterocycles. The number of hydrogen-bond acceptors (Lipinski definition) is 4. The third-order valence-electron chi connectivity index (χ3n) is 4.59. The first kappa shape index (κ1) is 19.2. The molecule has 0 atom stereocenters. The minimum atomic E-state index is -3.29. The summed E-state index contributed by atoms with van der Waals surface area (Å²) in [7, 11) is -3.29. The topological polar surface area (TPSA) is 75.3 Å². The van der Waals surface area contributed by atoms with Crippen LogP contribution in [0.1, 0.15) is 11.1 Å². The molecule has 0 bridgehead atoms. The molecule has 0 unspecified atom stereocenters. The minimum Gasteiger partial charge on any atom is -0.354 e. The van der Waals surface area contributed by atoms with Crippen LogP contribution >= 0.6 is 11.6 Å². The predicted molar refractivity (Wildman–Crippen MR) is 117 cm³/mol. The molecule has 3 aromatic rings. The van der Waals surface area contributed by atoms with E-state index in [-0.39, 0.29) is 10.8 Å². The smallest absolute Gasteiger partial charge is 0.258 e. The Labute approximate surface area is 173 Å². The Morgan fingerprint density at radius 1 is 0.966 bits per heavy atom. The average Bonchev–Trinajstić information content (AvgIpc) is 3.01. The number of carbonyl (C=O) groups excluding carboxylic acids is 1. The third kappa shape index (κ3) is 3.90. The van der Waals surface area contributed by atoms with E-state index in [1.807, 2.05) is 36.4 Å². The highest BCUT2D eigenvalue weighted by Crippen LogP contribution is 2.38. The molecule has 0 aromatic heterocycles. The van der Waals surface area contributed by atoms with E-state index in [1.54, 1.807) is 24.3 Å². The van der Waals surface area contributed by atoms with E-state index < -0.39 is 9.84 Å². The Balaban J connectivity index is 1.84. The van der Waals surface area contributed by atoms with Crippen LogP contribution in [-0.2, 0) is 14.6 Å². The van der Waals surface area contributed by atoms with Crippen molar-refractivity contribution in [2.24, 2.45) is 0 Å². The molecule has 0 spiro atoms. The molecule has 5 nitrogen and oxygen atoms in total. The van der Waals surface area contributed by atoms with Crippen molar-refractivity contribution in [1.29, 1.82) is 0 Å². The summed E-state index contributed by atoms with van der Waals surface area (Å²) < 4.78 is 23.4. The standard InChI is InChI=1S/C22H17ClN2O3S/c1-29(27,28)17-10-8-16(9-11-17)24-21(14-5-3-2-4-6-14)20-18-12-7-15(23)13-19(18)25-22(20)26/h2-13,24H,1H3,(H,25,26). The fourth-order valence-corrected chi connectivity index (χ4v) is 4.01. The van der Waals surface area contributed by atoms with Crippen LogP contribution in [0.2, 0.25) is 5.02 Å². The SMILES string of the molecule is CS(=O)(=O)c1ccc(NC(=C2C(=O)Nc3cc(Cl)ccc32)c2ccccc2)cc1. The highest BCUT2D eigenvalue weighted by Gasteiger charge is 2.28. The molecule has 4 rings (SSSR count). The monoisotopic (exact) mass is 424 g/mol. The maximum Gasteiger partial charge on any atom is 0.258 e. The van der Waals surface area contributed by atoms with E-state index in [0.717, 1.165) is 17.4 Å². The molecule has 7 heteroatoms. The summed E-state index contributed by atoms with van der Waals surface area (Å²) in [6.07, 6.45) is 1.16. The maximum atomic E-state index is 12.8. The van der Waals surface area contributed by atoms with Gasteiger partial charge < -0.3 is 10.6 Å². The van der Waals surface area contributed by atoms with Crippen molar-refractivity contribution in [1.82, 2.24) is 0 Å². The Morgan fingerprint density at radius 2 is 1.66 bits per heavy atom. The molecule has 0 saturated carbocycles. The molecule has 0 fully saturated rings. The summed E-state index contributed by atoms with van der Waals surface area (Å²) >= 11 is 6.06. The lowest BCUT2D eigenvalue weighted by Crippen LogP contribution is -2.10. The highest BCUT2D eigenvalue weighted by atomic mass is 35.5. The number of fused-ring (bicyclic) bond motifs is 1. The van der Waals surface area contributed by atoms with Gasteiger partial charge in [-0.1, -0.05) is 48.0 Å². The van der Waals surface area contributed by atoms with Crippen molar-refractivity contribution in [2.75, 3.05) is 16.9 Å². The average molecular weight is 425 g/mol. The van der Waals surface area contributed by atoms with Crippen LogP contribution in [0.15, 0.2) is 77.7 Å². The molecule has 3 aromatic carbocycles. The van der Waals surface area contributed by atoms with Gasteiger partial charge in [0.05, 0.1) is 21.9 Å². The second-order valence-corrected chi connectivity index (χ2v) is 9.13. The lowest BCUT2D eigenvalue weighted by Gasteiger charge is -2.15. The molecule has 0 aliphatic carbocycles. The van der Waals surface area contributed by atoms with Crippen molar-refractivity contribution < 1.29 is 13.2 Å². The second kappa shape index (κ2) is 7.39. The van der Waals surface area contributed by atoms with Crippen molar-refractivity contribution >= 4 is 50.0 Å². The van der Waals surface area contributed by atoms with Crippen molar-refractivity contribution in [3.8, 4) is 0 Å². The van der Waals surface area contributed by atoms with E-state index in [9.17, 15) is 13.2 Å². The van der Waals surface area contributed by atoms with E-state index in [2.05, 4.69) is 10.6 Å². The van der Waals surface area contributed by atoms with Gasteiger partial charge in [-0.3, -0.25) is 4.79 Å². The van der Waals surface area contributed by atoms with Gasteiger partial charge >= 0.3 is 0 Å². The molecule has 29 heavy (non-hydrogen) atoms. The Bertz CT molecular complexity index is 1230. The molecular weight excluding hydrogens is 408 g/mol. The van der Waals surface area contributed by atoms with Crippen molar-refractivity contribution in [3.05, 3.63) is 88.9 Å². The first-order valence-electron chi connectivity index (χ1n) is 8.81. The number of benzene rings is 3. The van der Waals surface area contributed by atoms with E-state index in [0.29, 0.717) is 27.7 Å². The number of sulfone groups is 1. The second-order valence-electron chi connectivity index (χ2n) is 6.68. The normalized spacial score (nSPS) is 14.9. The lowest BCUT2D eigenvalue weighted by atomic mass is 10.00. The first-order valence-corrected chi connectivity index (χ1v) is 11.1. The largest absolute Gasteiger partial charge is 0.354 e. The number of anilines is 2. The molecular formula is C22H17ClN2O3S. The van der Waals surface area contributed by atoms with Crippen LogP contribution in [0, 0.1) is 0 Å². The Hall–Kier alpha value is -3.09. The highest BCUT2D eigenvalue weighted by molar-refractivity contribution is 7.90. The van der Waals surface area contributed by atoms with Crippen molar-refractivity contribution in [2.45, 2.75) is 4.90 Å². The van der Waals surface area contributed by atoms with Gasteiger partial charge in [-0.25, -0.2) is 8.42 Å². The Kier molecular flexibility index (Phi) is 4.90. The number of nitrogens with one attached hydrogen (secondary N) is 2. The summed E-state index contributed by atoms with van der Waals surface area (Å²) in [5.74, 6) is -0.235. The van der Waals surface area contributed by atoms with Crippen LogP contribution < -0.4 is 10.6 Å². The summed E-state index contributed by atoms with van der Waals surface area (Å²) in [6, 6.07) is 21.2. The van der Waals surface area contributed by atoms with Crippen LogP contribution in [0.25, 0.3) is 11.3 Å². The van der Waals surface area contributed by atoms with Crippen LogP contribution in [0.5, 0.6) is 0 Å². The number of halogens is 1. The van der Waals surface area contributed by atoms with Crippen molar-refractivity contribution in [3.63, 3.8) is 0 Å². The van der Waals surface area contributed by atoms with Gasteiger partial charge in [0.1, 0.15) is 0 Å². The van der Waals surface area contributed by atoms with Gasteiger partial charge in [-0.05, 0) is 42.0 Å². The quantitative estimate of drug-likeness (QED) is 0.596. The zero-order valence-electron chi connectivity index (χ0n) is 15.4. The van der Waals surface area contributed by atoms with Gasteiger partial charge in [0.2, 0.25) is 0 Å². The molecule has 0 saturated heterocycles. The molecule has 1 amide bonds. The van der Waals surface area contributed by atoms with Gasteiger partial charge in [-0.2, -0.15) is 0 Å². The zero-order chi connectivity index (χ0) is 20.6. The third-order valence-corrected chi connectivity index (χ3v) is 5.95. The summed E-state index contributed by atoms with van der Waals surface area (Å²) in [5, 5.41) is 6.68. The van der Waals surface area contributed by atoms with Gasteiger partial charge in [0, 0.05) is 22.5 Å². The lowest BCUT2D eigenvalue weighted by molar-refractivity contribution is -0.110. The van der Waals surface area contributed by atoms with Gasteiger partial charge in [0.15, 0.2) is 9.84 Å². The predicted octanol–water partition coefficient (Wildman–Crippen LogP) is 4.68. The van der Waals surface area contributed by atoms with Gasteiger partial charge in [-0.15, -0.1) is 0 Å². The number of amides is 1. The van der Waals surface area contributed by atoms with Crippen LogP contribution in [-0.4, -0.2) is 20.6 Å². The molecule has 0 radical (unpaired) electrons. The van der Waals surface area contributed by atoms with Crippen LogP contribution in [0.3, 0.4) is 0 Å². The number of carbonyl (C=O) groups is 1. The first-order chi connectivity index (χ1) is 13.8. The molecule has 146 valence electrons. The number of hydrogen-bond donors (Lipinski definition) is 2. The van der Waals surface area contributed by atoms with E-state index >= 15 is 0 Å². The molecule has 1 aliphatic heterocycles. The van der Waals surface area contributed by atoms with E-state index in [1.165, 1.54) is 12.1 Å². The minimum absolute atomic E-state index is 0.232. The molecule has 2 N–H and O–H groups in total. The van der Waals surface area contributed by atoms with E-state index in [4.69, 9.17) is 11.6 Å². The summed E-state index contributed by atoms with van der Waals surface area (Å²) in [4.78, 5) is 13.0. The fourth-order valence-electron chi connectivity index (χ4n) is 3.21. The number of rotatable bonds is 4. The summed E-state index contributed by atoms with van der Waals surface area (Å²) in [5.41, 5.74) is 4.01. The molecule has 1 aliphatic rings. The Morgan fingerprint density at radius 3 is 2.31 bits per heavy atom. The zero-order valence-corrected chi connectivity index (χ0v) is 17.0. The van der Waals surface area contributed by atoms with Gasteiger partial charge in [0.25, 0.3) is 5.91 Å². The van der Waals surface area contributed by atoms with Crippen LogP contribution in [0.4, 0.5) is 11.4 Å². The summed E-state index contributed by atoms with van der Waals surface area (Å²) in [6.45, 7) is 0. The maximum absolute atomic E-state index is 12.8. The fraction of sp³-hybridized carbons (Fsp3) is 0.0455.